The van der Waals surface area contributed by atoms with Gasteiger partial charge >= 0.3 is 0 Å². The van der Waals surface area contributed by atoms with Gasteiger partial charge in [0.2, 0.25) is 0 Å². The normalized spacial score (nSPS) is 11.7. The van der Waals surface area contributed by atoms with E-state index in [-0.39, 0.29) is 4.65 Å². The van der Waals surface area contributed by atoms with E-state index in [1.54, 1.807) is 14.1 Å². The zero-order valence-electron chi connectivity index (χ0n) is 10.5. The summed E-state index contributed by atoms with van der Waals surface area (Å²) in [4.78, 5) is 0. The summed E-state index contributed by atoms with van der Waals surface area (Å²) >= 11 is 0. The van der Waals surface area contributed by atoms with Gasteiger partial charge in [-0.1, -0.05) is 36.8 Å². The molecule has 0 atom stereocenters. The second kappa shape index (κ2) is 6.66. The van der Waals surface area contributed by atoms with Crippen molar-refractivity contribution >= 4 is 0 Å². The second-order valence-electron chi connectivity index (χ2n) is 4.95. The number of hydrogen-bond donors (Lipinski definition) is 0. The Balaban J connectivity index is 2.01. The SMILES string of the molecule is C[N+](C)([O-])CCCCCCc1ccccc1. The molecule has 16 heavy (non-hydrogen) atoms. The van der Waals surface area contributed by atoms with Crippen LogP contribution in [0.1, 0.15) is 31.2 Å². The number of rotatable bonds is 7. The molecule has 0 aliphatic heterocycles. The lowest BCUT2D eigenvalue weighted by Crippen LogP contribution is -2.32. The van der Waals surface area contributed by atoms with Crippen molar-refractivity contribution in [2.45, 2.75) is 32.1 Å². The van der Waals surface area contributed by atoms with Crippen molar-refractivity contribution in [2.24, 2.45) is 0 Å². The zero-order valence-corrected chi connectivity index (χ0v) is 10.5. The molecule has 0 amide bonds. The third-order valence-electron chi connectivity index (χ3n) is 2.75. The number of unbranched alkanes of at least 4 members (excludes halogenated alkanes) is 3. The summed E-state index contributed by atoms with van der Waals surface area (Å²) in [5.74, 6) is 0. The van der Waals surface area contributed by atoms with Crippen LogP contribution in [0, 0.1) is 5.21 Å². The zero-order chi connectivity index (χ0) is 11.9. The van der Waals surface area contributed by atoms with Gasteiger partial charge in [-0.05, 0) is 31.2 Å². The van der Waals surface area contributed by atoms with Gasteiger partial charge in [0.1, 0.15) is 0 Å². The number of quaternary nitrogens is 1. The van der Waals surface area contributed by atoms with E-state index in [1.165, 1.54) is 24.8 Å². The topological polar surface area (TPSA) is 23.1 Å². The molecule has 1 aromatic rings. The standard InChI is InChI=1S/C14H23NO/c1-15(2,16)13-9-4-3-6-10-14-11-7-5-8-12-14/h5,7-8,11-12H,3-4,6,9-10,13H2,1-2H3. The molecule has 0 aliphatic carbocycles. The van der Waals surface area contributed by atoms with Crippen molar-refractivity contribution in [3.63, 3.8) is 0 Å². The molecule has 1 rings (SSSR count). The number of nitrogens with zero attached hydrogens (tertiary/aromatic N) is 1. The van der Waals surface area contributed by atoms with E-state index < -0.39 is 0 Å². The molecule has 0 saturated heterocycles. The fourth-order valence-electron chi connectivity index (χ4n) is 1.82. The molecular weight excluding hydrogens is 198 g/mol. The average Bonchev–Trinajstić information content (AvgIpc) is 2.23. The van der Waals surface area contributed by atoms with E-state index in [9.17, 15) is 5.21 Å². The van der Waals surface area contributed by atoms with Crippen LogP contribution in [0.3, 0.4) is 0 Å². The minimum atomic E-state index is -0.154. The quantitative estimate of drug-likeness (QED) is 0.393. The van der Waals surface area contributed by atoms with Crippen molar-refractivity contribution in [3.05, 3.63) is 41.1 Å². The first-order valence-corrected chi connectivity index (χ1v) is 6.16. The highest BCUT2D eigenvalue weighted by molar-refractivity contribution is 5.14. The molecule has 2 heteroatoms. The van der Waals surface area contributed by atoms with Crippen LogP contribution in [0.15, 0.2) is 30.3 Å². The van der Waals surface area contributed by atoms with Gasteiger partial charge < -0.3 is 9.85 Å². The molecule has 0 aliphatic rings. The lowest BCUT2D eigenvalue weighted by atomic mass is 10.1. The van der Waals surface area contributed by atoms with Crippen LogP contribution in [0.4, 0.5) is 0 Å². The van der Waals surface area contributed by atoms with Gasteiger partial charge in [-0.15, -0.1) is 0 Å². The highest BCUT2D eigenvalue weighted by Crippen LogP contribution is 2.08. The van der Waals surface area contributed by atoms with Gasteiger partial charge in [-0.2, -0.15) is 0 Å². The van der Waals surface area contributed by atoms with Crippen LogP contribution in [-0.4, -0.2) is 25.3 Å². The predicted molar refractivity (Wildman–Crippen MR) is 69.0 cm³/mol. The van der Waals surface area contributed by atoms with Crippen LogP contribution in [-0.2, 0) is 6.42 Å². The highest BCUT2D eigenvalue weighted by Gasteiger charge is 2.00. The fraction of sp³-hybridized carbons (Fsp3) is 0.571. The first kappa shape index (κ1) is 13.2. The van der Waals surface area contributed by atoms with Crippen molar-refractivity contribution in [1.82, 2.24) is 0 Å². The van der Waals surface area contributed by atoms with Crippen LogP contribution in [0.5, 0.6) is 0 Å². The molecule has 0 spiro atoms. The van der Waals surface area contributed by atoms with Crippen molar-refractivity contribution in [3.8, 4) is 0 Å². The Hall–Kier alpha value is -0.860. The second-order valence-corrected chi connectivity index (χ2v) is 4.95. The Morgan fingerprint density at radius 2 is 1.56 bits per heavy atom. The van der Waals surface area contributed by atoms with Gasteiger partial charge in [0.15, 0.2) is 0 Å². The maximum absolute atomic E-state index is 11.3. The maximum atomic E-state index is 11.3. The summed E-state index contributed by atoms with van der Waals surface area (Å²) in [5, 5.41) is 11.3. The van der Waals surface area contributed by atoms with Gasteiger partial charge in [-0.3, -0.25) is 0 Å². The molecule has 0 heterocycles. The van der Waals surface area contributed by atoms with Crippen molar-refractivity contribution in [2.75, 3.05) is 20.6 Å². The van der Waals surface area contributed by atoms with Gasteiger partial charge in [0, 0.05) is 0 Å². The molecule has 0 aromatic heterocycles. The largest absolute Gasteiger partial charge is 0.633 e. The average molecular weight is 221 g/mol. The summed E-state index contributed by atoms with van der Waals surface area (Å²) in [5.41, 5.74) is 1.42. The first-order valence-electron chi connectivity index (χ1n) is 6.16. The molecular formula is C14H23NO. The van der Waals surface area contributed by atoms with Gasteiger partial charge in [0.25, 0.3) is 0 Å². The Kier molecular flexibility index (Phi) is 5.50. The maximum Gasteiger partial charge on any atom is 0.0779 e. The van der Waals surface area contributed by atoms with Crippen LogP contribution < -0.4 is 0 Å². The van der Waals surface area contributed by atoms with E-state index in [4.69, 9.17) is 0 Å². The minimum Gasteiger partial charge on any atom is -0.633 e. The molecule has 0 radical (unpaired) electrons. The van der Waals surface area contributed by atoms with Gasteiger partial charge in [0.05, 0.1) is 20.6 Å². The predicted octanol–water partition coefficient (Wildman–Crippen LogP) is 3.36. The molecule has 1 aromatic carbocycles. The van der Waals surface area contributed by atoms with Crippen molar-refractivity contribution < 1.29 is 4.65 Å². The van der Waals surface area contributed by atoms with E-state index in [2.05, 4.69) is 30.3 Å². The smallest absolute Gasteiger partial charge is 0.0779 e. The van der Waals surface area contributed by atoms with E-state index in [0.717, 1.165) is 19.4 Å². The monoisotopic (exact) mass is 221 g/mol. The lowest BCUT2D eigenvalue weighted by molar-refractivity contribution is -0.840. The molecule has 0 N–H and O–H groups in total. The third-order valence-corrected chi connectivity index (χ3v) is 2.75. The summed E-state index contributed by atoms with van der Waals surface area (Å²) in [7, 11) is 3.42. The lowest BCUT2D eigenvalue weighted by Gasteiger charge is -2.33. The van der Waals surface area contributed by atoms with Crippen LogP contribution in [0.25, 0.3) is 0 Å². The van der Waals surface area contributed by atoms with E-state index in [0.29, 0.717) is 0 Å². The van der Waals surface area contributed by atoms with E-state index >= 15 is 0 Å². The van der Waals surface area contributed by atoms with E-state index in [1.807, 2.05) is 0 Å². The minimum absolute atomic E-state index is 0.154. The summed E-state index contributed by atoms with van der Waals surface area (Å²) in [6, 6.07) is 10.6. The summed E-state index contributed by atoms with van der Waals surface area (Å²) < 4.78 is -0.154. The Morgan fingerprint density at radius 1 is 0.938 bits per heavy atom. The molecule has 0 saturated carbocycles. The van der Waals surface area contributed by atoms with Crippen molar-refractivity contribution in [1.29, 1.82) is 0 Å². The van der Waals surface area contributed by atoms with Crippen LogP contribution >= 0.6 is 0 Å². The number of hydrogen-bond acceptors (Lipinski definition) is 1. The summed E-state index contributed by atoms with van der Waals surface area (Å²) in [6.07, 6.45) is 5.85. The molecule has 0 fully saturated rings. The number of hydroxylamine groups is 3. The highest BCUT2D eigenvalue weighted by atomic mass is 16.5. The molecule has 0 bridgehead atoms. The Bertz CT molecular complexity index is 277. The molecule has 90 valence electrons. The third kappa shape index (κ3) is 6.59. The number of benzene rings is 1. The summed E-state index contributed by atoms with van der Waals surface area (Å²) in [6.45, 7) is 0.741. The fourth-order valence-corrected chi connectivity index (χ4v) is 1.82. The molecule has 0 unspecified atom stereocenters. The Morgan fingerprint density at radius 3 is 2.19 bits per heavy atom. The van der Waals surface area contributed by atoms with Crippen LogP contribution in [0.2, 0.25) is 0 Å². The van der Waals surface area contributed by atoms with Gasteiger partial charge in [-0.25, -0.2) is 0 Å². The first-order chi connectivity index (χ1) is 7.58. The molecule has 2 nitrogen and oxygen atoms in total. The Labute approximate surface area is 99.1 Å². The number of aryl methyl sites for hydroxylation is 1.